The Morgan fingerprint density at radius 1 is 1.12 bits per heavy atom. The third-order valence-corrected chi connectivity index (χ3v) is 7.21. The lowest BCUT2D eigenvalue weighted by Gasteiger charge is -2.31. The molecule has 3 aliphatic rings. The molecule has 0 bridgehead atoms. The molecule has 0 saturated carbocycles. The molecule has 10 heteroatoms. The number of amides is 3. The van der Waals surface area contributed by atoms with Gasteiger partial charge in [-0.1, -0.05) is 38.2 Å². The Bertz CT molecular complexity index is 1280. The maximum absolute atomic E-state index is 13.1. The van der Waals surface area contributed by atoms with E-state index in [0.29, 0.717) is 36.6 Å². The predicted octanol–water partition coefficient (Wildman–Crippen LogP) is 3.84. The minimum atomic E-state index is -0.654. The van der Waals surface area contributed by atoms with Gasteiger partial charge in [0.05, 0.1) is 36.6 Å². The van der Waals surface area contributed by atoms with Crippen molar-refractivity contribution in [1.82, 2.24) is 14.4 Å². The molecule has 1 aromatic carbocycles. The fraction of sp³-hybridized carbons (Fsp3) is 0.433. The van der Waals surface area contributed by atoms with Gasteiger partial charge in [0, 0.05) is 50.0 Å². The lowest BCUT2D eigenvalue weighted by Crippen LogP contribution is -2.41. The zero-order valence-electron chi connectivity index (χ0n) is 23.3. The molecule has 3 amide bonds. The molecule has 0 spiro atoms. The largest absolute Gasteiger partial charge is 0.492 e. The SMILES string of the molecule is CC.N#Cc1c(C(N)=O)c2n(c1C1C=CC=CC1)CCN(C(=O)Nc1ccc(OCCN3CCOCC3)cc1)C2. The quantitative estimate of drug-likeness (QED) is 0.544. The van der Waals surface area contributed by atoms with Crippen LogP contribution in [0.15, 0.2) is 48.6 Å². The summed E-state index contributed by atoms with van der Waals surface area (Å²) in [5, 5.41) is 12.8. The van der Waals surface area contributed by atoms with Crippen LogP contribution in [0.1, 0.15) is 53.5 Å². The number of nitriles is 1. The van der Waals surface area contributed by atoms with Gasteiger partial charge in [-0.25, -0.2) is 4.79 Å². The van der Waals surface area contributed by atoms with Crippen LogP contribution < -0.4 is 15.8 Å². The summed E-state index contributed by atoms with van der Waals surface area (Å²) in [5.74, 6) is 0.0659. The number of carbonyl (C=O) groups is 2. The first-order valence-electron chi connectivity index (χ1n) is 13.9. The van der Waals surface area contributed by atoms with Crippen molar-refractivity contribution in [2.45, 2.75) is 39.3 Å². The highest BCUT2D eigenvalue weighted by Gasteiger charge is 2.33. The molecule has 1 unspecified atom stereocenters. The molecule has 40 heavy (non-hydrogen) atoms. The summed E-state index contributed by atoms with van der Waals surface area (Å²) >= 11 is 0. The van der Waals surface area contributed by atoms with E-state index in [1.165, 1.54) is 0 Å². The molecule has 1 fully saturated rings. The van der Waals surface area contributed by atoms with Crippen molar-refractivity contribution in [2.24, 2.45) is 5.73 Å². The number of nitrogens with one attached hydrogen (secondary N) is 1. The van der Waals surface area contributed by atoms with Gasteiger partial charge in [-0.15, -0.1) is 0 Å². The van der Waals surface area contributed by atoms with Crippen LogP contribution in [-0.4, -0.2) is 72.3 Å². The van der Waals surface area contributed by atoms with Crippen LogP contribution in [0.5, 0.6) is 5.75 Å². The first-order chi connectivity index (χ1) is 19.5. The van der Waals surface area contributed by atoms with Gasteiger partial charge in [-0.05, 0) is 30.7 Å². The molecule has 0 radical (unpaired) electrons. The van der Waals surface area contributed by atoms with Gasteiger partial charge in [-0.2, -0.15) is 5.26 Å². The second kappa shape index (κ2) is 13.8. The van der Waals surface area contributed by atoms with E-state index in [9.17, 15) is 14.9 Å². The minimum absolute atomic E-state index is 0.0171. The van der Waals surface area contributed by atoms with Crippen LogP contribution in [0, 0.1) is 11.3 Å². The van der Waals surface area contributed by atoms with Crippen LogP contribution in [0.2, 0.25) is 0 Å². The van der Waals surface area contributed by atoms with Crippen molar-refractivity contribution in [3.63, 3.8) is 0 Å². The highest BCUT2D eigenvalue weighted by molar-refractivity contribution is 5.98. The fourth-order valence-electron chi connectivity index (χ4n) is 5.26. The van der Waals surface area contributed by atoms with Crippen LogP contribution >= 0.6 is 0 Å². The summed E-state index contributed by atoms with van der Waals surface area (Å²) in [7, 11) is 0. The average molecular weight is 547 g/mol. The number of nitrogens with zero attached hydrogens (tertiary/aromatic N) is 4. The molecule has 10 nitrogen and oxygen atoms in total. The molecule has 1 aliphatic carbocycles. The summed E-state index contributed by atoms with van der Waals surface area (Å²) in [6.45, 7) is 9.90. The number of hydrogen-bond acceptors (Lipinski definition) is 6. The van der Waals surface area contributed by atoms with Gasteiger partial charge in [0.15, 0.2) is 0 Å². The van der Waals surface area contributed by atoms with E-state index in [1.807, 2.05) is 54.9 Å². The zero-order chi connectivity index (χ0) is 28.5. The number of ether oxygens (including phenoxy) is 2. The summed E-state index contributed by atoms with van der Waals surface area (Å²) in [4.78, 5) is 29.5. The standard InChI is InChI=1S/C28H32N6O4.C2H6/c29-18-23-25(27(30)35)24-19-33(10-11-34(24)26(23)20-4-2-1-3-5-20)28(36)31-21-6-8-22(9-7-21)38-17-14-32-12-15-37-16-13-32;1-2/h1-4,6-9,20H,5,10-17,19H2,(H2,30,35)(H,31,36);1-2H3. The van der Waals surface area contributed by atoms with Crippen molar-refractivity contribution in [2.75, 3.05) is 51.3 Å². The van der Waals surface area contributed by atoms with E-state index < -0.39 is 5.91 Å². The summed E-state index contributed by atoms with van der Waals surface area (Å²) in [6, 6.07) is 9.19. The smallest absolute Gasteiger partial charge is 0.322 e. The van der Waals surface area contributed by atoms with Crippen molar-refractivity contribution < 1.29 is 19.1 Å². The number of fused-ring (bicyclic) bond motifs is 1. The molecular weight excluding hydrogens is 508 g/mol. The lowest BCUT2D eigenvalue weighted by atomic mass is 9.93. The monoisotopic (exact) mass is 546 g/mol. The second-order valence-corrected chi connectivity index (χ2v) is 9.54. The molecule has 2 aliphatic heterocycles. The molecule has 3 heterocycles. The molecule has 2 aromatic rings. The third kappa shape index (κ3) is 6.55. The molecule has 3 N–H and O–H groups in total. The van der Waals surface area contributed by atoms with Gasteiger partial charge in [-0.3, -0.25) is 9.69 Å². The number of primary amides is 1. The average Bonchev–Trinajstić information content (AvgIpc) is 3.34. The van der Waals surface area contributed by atoms with E-state index in [4.69, 9.17) is 15.2 Å². The molecule has 5 rings (SSSR count). The van der Waals surface area contributed by atoms with Crippen molar-refractivity contribution in [3.05, 3.63) is 71.1 Å². The number of aromatic nitrogens is 1. The second-order valence-electron chi connectivity index (χ2n) is 9.54. The van der Waals surface area contributed by atoms with E-state index in [-0.39, 0.29) is 24.1 Å². The Labute approximate surface area is 235 Å². The molecule has 1 aromatic heterocycles. The number of allylic oxidation sites excluding steroid dienone is 4. The topological polar surface area (TPSA) is 126 Å². The summed E-state index contributed by atoms with van der Waals surface area (Å²) < 4.78 is 13.2. The highest BCUT2D eigenvalue weighted by Crippen LogP contribution is 2.35. The van der Waals surface area contributed by atoms with Gasteiger partial charge in [0.2, 0.25) is 0 Å². The number of morpholine rings is 1. The number of rotatable bonds is 7. The Hall–Kier alpha value is -4.07. The summed E-state index contributed by atoms with van der Waals surface area (Å²) in [6.07, 6.45) is 8.72. The Kier molecular flexibility index (Phi) is 10.00. The van der Waals surface area contributed by atoms with Gasteiger partial charge in [0.1, 0.15) is 18.4 Å². The number of hydrogen-bond donors (Lipinski definition) is 2. The Morgan fingerprint density at radius 2 is 1.88 bits per heavy atom. The highest BCUT2D eigenvalue weighted by atomic mass is 16.5. The predicted molar refractivity (Wildman–Crippen MR) is 153 cm³/mol. The Balaban J connectivity index is 0.00000181. The van der Waals surface area contributed by atoms with Gasteiger partial charge >= 0.3 is 6.03 Å². The van der Waals surface area contributed by atoms with Crippen molar-refractivity contribution >= 4 is 17.6 Å². The lowest BCUT2D eigenvalue weighted by molar-refractivity contribution is 0.0322. The van der Waals surface area contributed by atoms with Crippen molar-refractivity contribution in [1.29, 1.82) is 5.26 Å². The number of urea groups is 1. The molecule has 1 atom stereocenters. The van der Waals surface area contributed by atoms with Gasteiger partial charge < -0.3 is 30.0 Å². The molecular formula is C30H38N6O4. The van der Waals surface area contributed by atoms with E-state index >= 15 is 0 Å². The summed E-state index contributed by atoms with van der Waals surface area (Å²) in [5.41, 5.74) is 8.28. The van der Waals surface area contributed by atoms with E-state index in [0.717, 1.165) is 50.7 Å². The molecule has 1 saturated heterocycles. The maximum Gasteiger partial charge on any atom is 0.322 e. The number of carbonyl (C=O) groups excluding carboxylic acids is 2. The number of benzene rings is 1. The number of nitrogens with two attached hydrogens (primary N) is 1. The normalized spacial score (nSPS) is 18.2. The van der Waals surface area contributed by atoms with Crippen molar-refractivity contribution in [3.8, 4) is 11.8 Å². The maximum atomic E-state index is 13.1. The van der Waals surface area contributed by atoms with Crippen LogP contribution in [0.3, 0.4) is 0 Å². The Morgan fingerprint density at radius 3 is 2.52 bits per heavy atom. The first-order valence-corrected chi connectivity index (χ1v) is 13.9. The van der Waals surface area contributed by atoms with E-state index in [1.54, 1.807) is 17.0 Å². The minimum Gasteiger partial charge on any atom is -0.492 e. The van der Waals surface area contributed by atoms with Crippen LogP contribution in [0.25, 0.3) is 0 Å². The van der Waals surface area contributed by atoms with Crippen LogP contribution in [0.4, 0.5) is 10.5 Å². The molecule has 212 valence electrons. The first kappa shape index (κ1) is 28.9. The zero-order valence-corrected chi connectivity index (χ0v) is 23.3. The van der Waals surface area contributed by atoms with Crippen LogP contribution in [-0.2, 0) is 17.8 Å². The van der Waals surface area contributed by atoms with Gasteiger partial charge in [0.25, 0.3) is 5.91 Å². The fourth-order valence-corrected chi connectivity index (χ4v) is 5.26. The number of anilines is 1. The van der Waals surface area contributed by atoms with E-state index in [2.05, 4.69) is 16.3 Å². The third-order valence-electron chi connectivity index (χ3n) is 7.21.